The van der Waals surface area contributed by atoms with Crippen molar-refractivity contribution in [1.82, 2.24) is 4.31 Å². The Balaban J connectivity index is 3.20. The molecule has 8 heteroatoms. The van der Waals surface area contributed by atoms with Crippen LogP contribution >= 0.6 is 0 Å². The van der Waals surface area contributed by atoms with Gasteiger partial charge in [-0.15, -0.1) is 0 Å². The monoisotopic (exact) mass is 330 g/mol. The molecule has 0 saturated heterocycles. The lowest BCUT2D eigenvalue weighted by Crippen LogP contribution is -2.30. The van der Waals surface area contributed by atoms with E-state index < -0.39 is 14.9 Å². The molecule has 0 heterocycles. The first-order chi connectivity index (χ1) is 10.4. The Labute approximate surface area is 131 Å². The van der Waals surface area contributed by atoms with Gasteiger partial charge in [-0.05, 0) is 18.6 Å². The molecular formula is C14H22N2O5S. The van der Waals surface area contributed by atoms with Crippen molar-refractivity contribution < 1.29 is 18.1 Å². The van der Waals surface area contributed by atoms with Crippen molar-refractivity contribution in [3.63, 3.8) is 0 Å². The lowest BCUT2D eigenvalue weighted by atomic mass is 10.3. The van der Waals surface area contributed by atoms with Crippen LogP contribution < -0.4 is 4.74 Å². The van der Waals surface area contributed by atoms with Gasteiger partial charge in [-0.3, -0.25) is 10.1 Å². The summed E-state index contributed by atoms with van der Waals surface area (Å²) in [6.45, 7) is 6.40. The van der Waals surface area contributed by atoms with Gasteiger partial charge in [0.2, 0.25) is 10.0 Å². The summed E-state index contributed by atoms with van der Waals surface area (Å²) >= 11 is 0. The molecule has 0 aliphatic rings. The molecule has 0 atom stereocenters. The fraction of sp³-hybridized carbons (Fsp3) is 0.571. The van der Waals surface area contributed by atoms with Crippen LogP contribution in [0, 0.1) is 10.1 Å². The molecule has 0 aliphatic carbocycles. The fourth-order valence-electron chi connectivity index (χ4n) is 1.96. The highest BCUT2D eigenvalue weighted by molar-refractivity contribution is 7.89. The summed E-state index contributed by atoms with van der Waals surface area (Å²) < 4.78 is 31.4. The molecule has 0 fully saturated rings. The topological polar surface area (TPSA) is 89.8 Å². The van der Waals surface area contributed by atoms with Crippen LogP contribution in [0.15, 0.2) is 23.1 Å². The smallest absolute Gasteiger partial charge is 0.312 e. The highest BCUT2D eigenvalue weighted by atomic mass is 32.2. The summed E-state index contributed by atoms with van der Waals surface area (Å²) in [5.41, 5.74) is -0.329. The number of rotatable bonds is 9. The summed E-state index contributed by atoms with van der Waals surface area (Å²) in [6.07, 6.45) is 1.68. The van der Waals surface area contributed by atoms with Gasteiger partial charge in [-0.1, -0.05) is 27.2 Å². The average molecular weight is 330 g/mol. The lowest BCUT2D eigenvalue weighted by molar-refractivity contribution is -0.386. The quantitative estimate of drug-likeness (QED) is 0.394. The maximum atomic E-state index is 12.4. The van der Waals surface area contributed by atoms with E-state index in [1.807, 2.05) is 6.92 Å². The van der Waals surface area contributed by atoms with Crippen LogP contribution in [0.25, 0.3) is 0 Å². The maximum Gasteiger partial charge on any atom is 0.312 e. The minimum Gasteiger partial charge on any atom is -0.487 e. The number of hydrogen-bond acceptors (Lipinski definition) is 5. The van der Waals surface area contributed by atoms with Crippen LogP contribution in [0.3, 0.4) is 0 Å². The van der Waals surface area contributed by atoms with E-state index in [0.717, 1.165) is 18.9 Å². The first kappa shape index (κ1) is 18.4. The number of unbranched alkanes of at least 4 members (excludes halogenated alkanes) is 1. The number of ether oxygens (including phenoxy) is 1. The largest absolute Gasteiger partial charge is 0.487 e. The van der Waals surface area contributed by atoms with Crippen molar-refractivity contribution in [3.8, 4) is 5.75 Å². The normalized spacial score (nSPS) is 11.6. The molecule has 1 rings (SSSR count). The third-order valence-electron chi connectivity index (χ3n) is 3.23. The highest BCUT2D eigenvalue weighted by Gasteiger charge is 2.26. The second-order valence-electron chi connectivity index (χ2n) is 4.68. The van der Waals surface area contributed by atoms with Crippen molar-refractivity contribution in [2.45, 2.75) is 38.5 Å². The van der Waals surface area contributed by atoms with Crippen LogP contribution in [-0.2, 0) is 10.0 Å². The number of nitro benzene ring substituents is 1. The van der Waals surface area contributed by atoms with Gasteiger partial charge in [0.15, 0.2) is 5.75 Å². The molecule has 22 heavy (non-hydrogen) atoms. The van der Waals surface area contributed by atoms with Gasteiger partial charge < -0.3 is 4.74 Å². The molecule has 124 valence electrons. The zero-order valence-electron chi connectivity index (χ0n) is 13.1. The third-order valence-corrected chi connectivity index (χ3v) is 5.27. The molecule has 0 amide bonds. The SMILES string of the molecule is CCCCOc1ccc(S(=O)(=O)N(CC)CC)cc1[N+](=O)[O-]. The van der Waals surface area contributed by atoms with Gasteiger partial charge >= 0.3 is 5.69 Å². The number of sulfonamides is 1. The molecule has 0 unspecified atom stereocenters. The first-order valence-electron chi connectivity index (χ1n) is 7.29. The summed E-state index contributed by atoms with van der Waals surface area (Å²) in [5, 5.41) is 11.2. The van der Waals surface area contributed by atoms with Gasteiger partial charge in [0, 0.05) is 19.2 Å². The van der Waals surface area contributed by atoms with Crippen LogP contribution in [0.1, 0.15) is 33.6 Å². The Bertz CT molecular complexity index is 612. The van der Waals surface area contributed by atoms with Gasteiger partial charge in [0.05, 0.1) is 16.4 Å². The Hall–Kier alpha value is -1.67. The molecule has 1 aromatic rings. The minimum atomic E-state index is -3.73. The number of hydrogen-bond donors (Lipinski definition) is 0. The molecule has 1 aromatic carbocycles. The Morgan fingerprint density at radius 3 is 2.36 bits per heavy atom. The van der Waals surface area contributed by atoms with Gasteiger partial charge in [-0.25, -0.2) is 8.42 Å². The predicted octanol–water partition coefficient (Wildman–Crippen LogP) is 2.80. The second kappa shape index (κ2) is 8.09. The molecule has 0 spiro atoms. The molecule has 0 radical (unpaired) electrons. The van der Waals surface area contributed by atoms with Crippen LogP contribution in [0.2, 0.25) is 0 Å². The summed E-state index contributed by atoms with van der Waals surface area (Å²) in [5.74, 6) is 0.0944. The van der Waals surface area contributed by atoms with E-state index in [0.29, 0.717) is 19.7 Å². The van der Waals surface area contributed by atoms with E-state index >= 15 is 0 Å². The van der Waals surface area contributed by atoms with Crippen molar-refractivity contribution in [2.75, 3.05) is 19.7 Å². The molecule has 0 N–H and O–H groups in total. The summed E-state index contributed by atoms with van der Waals surface area (Å²) in [7, 11) is -3.73. The van der Waals surface area contributed by atoms with Crippen LogP contribution in [0.4, 0.5) is 5.69 Å². The van der Waals surface area contributed by atoms with Crippen molar-refractivity contribution in [2.24, 2.45) is 0 Å². The number of nitrogens with zero attached hydrogens (tertiary/aromatic N) is 2. The summed E-state index contributed by atoms with van der Waals surface area (Å²) in [4.78, 5) is 10.4. The maximum absolute atomic E-state index is 12.4. The van der Waals surface area contributed by atoms with Crippen molar-refractivity contribution >= 4 is 15.7 Å². The zero-order chi connectivity index (χ0) is 16.8. The lowest BCUT2D eigenvalue weighted by Gasteiger charge is -2.18. The van der Waals surface area contributed by atoms with Crippen LogP contribution in [-0.4, -0.2) is 37.3 Å². The van der Waals surface area contributed by atoms with Crippen LogP contribution in [0.5, 0.6) is 5.75 Å². The minimum absolute atomic E-state index is 0.0919. The van der Waals surface area contributed by atoms with E-state index in [1.165, 1.54) is 16.4 Å². The van der Waals surface area contributed by atoms with E-state index in [1.54, 1.807) is 13.8 Å². The van der Waals surface area contributed by atoms with E-state index in [9.17, 15) is 18.5 Å². The molecular weight excluding hydrogens is 308 g/mol. The number of benzene rings is 1. The molecule has 0 aromatic heterocycles. The molecule has 0 bridgehead atoms. The van der Waals surface area contributed by atoms with E-state index in [4.69, 9.17) is 4.74 Å². The average Bonchev–Trinajstić information content (AvgIpc) is 2.48. The molecule has 0 aliphatic heterocycles. The Morgan fingerprint density at radius 2 is 1.86 bits per heavy atom. The van der Waals surface area contributed by atoms with Crippen molar-refractivity contribution in [1.29, 1.82) is 0 Å². The fourth-order valence-corrected chi connectivity index (χ4v) is 3.44. The van der Waals surface area contributed by atoms with Crippen molar-refractivity contribution in [3.05, 3.63) is 28.3 Å². The van der Waals surface area contributed by atoms with E-state index in [-0.39, 0.29) is 16.3 Å². The predicted molar refractivity (Wildman–Crippen MR) is 83.6 cm³/mol. The number of nitro groups is 1. The zero-order valence-corrected chi connectivity index (χ0v) is 13.9. The highest BCUT2D eigenvalue weighted by Crippen LogP contribution is 2.31. The molecule has 0 saturated carbocycles. The summed E-state index contributed by atoms with van der Waals surface area (Å²) in [6, 6.07) is 3.76. The Morgan fingerprint density at radius 1 is 1.23 bits per heavy atom. The van der Waals surface area contributed by atoms with E-state index in [2.05, 4.69) is 0 Å². The molecule has 7 nitrogen and oxygen atoms in total. The standard InChI is InChI=1S/C14H22N2O5S/c1-4-7-10-21-14-9-8-12(11-13(14)16(17)18)22(19,20)15(5-2)6-3/h8-9,11H,4-7,10H2,1-3H3. The third kappa shape index (κ3) is 4.17. The van der Waals surface area contributed by atoms with Gasteiger partial charge in [0.25, 0.3) is 0 Å². The van der Waals surface area contributed by atoms with Gasteiger partial charge in [0.1, 0.15) is 0 Å². The second-order valence-corrected chi connectivity index (χ2v) is 6.62. The first-order valence-corrected chi connectivity index (χ1v) is 8.73. The Kier molecular flexibility index (Phi) is 6.76. The van der Waals surface area contributed by atoms with Gasteiger partial charge in [-0.2, -0.15) is 4.31 Å².